The molecule has 7 aromatic carbocycles. The Balaban J connectivity index is 1.35. The van der Waals surface area contributed by atoms with E-state index in [1.54, 1.807) is 11.3 Å². The predicted octanol–water partition coefficient (Wildman–Crippen LogP) is 12.5. The minimum atomic E-state index is -0.0966. The van der Waals surface area contributed by atoms with Crippen molar-refractivity contribution in [3.05, 3.63) is 150 Å². The number of rotatable bonds is 2. The van der Waals surface area contributed by atoms with E-state index in [-0.39, 0.29) is 10.8 Å². The molecule has 0 amide bonds. The first-order chi connectivity index (χ1) is 22.8. The van der Waals surface area contributed by atoms with Gasteiger partial charge in [0.25, 0.3) is 0 Å². The molecule has 0 saturated carbocycles. The molecule has 0 bridgehead atoms. The molecular weight excluding hydrogens is 587 g/mol. The van der Waals surface area contributed by atoms with E-state index in [1.807, 2.05) is 0 Å². The summed E-state index contributed by atoms with van der Waals surface area (Å²) in [6, 6.07) is 47.7. The maximum absolute atomic E-state index is 5.26. The lowest BCUT2D eigenvalue weighted by Gasteiger charge is -2.24. The van der Waals surface area contributed by atoms with Crippen molar-refractivity contribution in [1.82, 2.24) is 4.98 Å². The van der Waals surface area contributed by atoms with Gasteiger partial charge in [0.05, 0.1) is 10.2 Å². The summed E-state index contributed by atoms with van der Waals surface area (Å²) in [5.74, 6) is 0. The molecule has 0 N–H and O–H groups in total. The fourth-order valence-corrected chi connectivity index (χ4v) is 9.79. The van der Waals surface area contributed by atoms with Gasteiger partial charge in [0, 0.05) is 16.4 Å². The number of fused-ring (bicyclic) bond motifs is 9. The number of nitrogens with zero attached hydrogens (tertiary/aromatic N) is 1. The Morgan fingerprint density at radius 2 is 1.00 bits per heavy atom. The topological polar surface area (TPSA) is 12.9 Å². The van der Waals surface area contributed by atoms with Gasteiger partial charge in [0.1, 0.15) is 5.01 Å². The maximum atomic E-state index is 5.26. The third-order valence-electron chi connectivity index (χ3n) is 11.1. The van der Waals surface area contributed by atoms with Gasteiger partial charge in [-0.15, -0.1) is 11.3 Å². The Bertz CT molecular complexity index is 2600. The zero-order valence-corrected chi connectivity index (χ0v) is 27.8. The molecule has 1 heterocycles. The standard InChI is InChI=1S/C45H33NS/c1-44(2)35-17-9-7-13-27(35)29-22-21-26(23-37(29)44)41-30-15-5-6-16-31(30)42(43-46-39-19-11-12-20-40(39)47-43)33-24-32-28-14-8-10-18-36(28)45(3,4)38(32)25-34(33)41/h5-25H,1-4H3. The van der Waals surface area contributed by atoms with Crippen molar-refractivity contribution in [3.8, 4) is 44.0 Å². The van der Waals surface area contributed by atoms with Crippen molar-refractivity contribution in [3.63, 3.8) is 0 Å². The number of hydrogen-bond acceptors (Lipinski definition) is 2. The highest BCUT2D eigenvalue weighted by atomic mass is 32.1. The summed E-state index contributed by atoms with van der Waals surface area (Å²) in [6.07, 6.45) is 0. The Labute approximate surface area is 279 Å². The van der Waals surface area contributed by atoms with Gasteiger partial charge < -0.3 is 0 Å². The third-order valence-corrected chi connectivity index (χ3v) is 12.2. The summed E-state index contributed by atoms with van der Waals surface area (Å²) < 4.78 is 1.22. The van der Waals surface area contributed by atoms with Gasteiger partial charge in [-0.3, -0.25) is 0 Å². The molecule has 0 radical (unpaired) electrons. The van der Waals surface area contributed by atoms with Crippen LogP contribution >= 0.6 is 11.3 Å². The lowest BCUT2D eigenvalue weighted by Crippen LogP contribution is -2.15. The summed E-state index contributed by atoms with van der Waals surface area (Å²) in [4.78, 5) is 5.26. The van der Waals surface area contributed by atoms with Gasteiger partial charge in [0.2, 0.25) is 0 Å². The molecule has 1 nitrogen and oxygen atoms in total. The van der Waals surface area contributed by atoms with Crippen LogP contribution in [-0.2, 0) is 10.8 Å². The third kappa shape index (κ3) is 3.57. The molecule has 0 atom stereocenters. The van der Waals surface area contributed by atoms with Gasteiger partial charge >= 0.3 is 0 Å². The fourth-order valence-electron chi connectivity index (χ4n) is 8.75. The number of thiazole rings is 1. The van der Waals surface area contributed by atoms with Crippen LogP contribution in [0.1, 0.15) is 49.9 Å². The van der Waals surface area contributed by atoms with Crippen molar-refractivity contribution in [2.75, 3.05) is 0 Å². The minimum Gasteiger partial charge on any atom is -0.236 e. The molecule has 2 heteroatoms. The fraction of sp³-hybridized carbons (Fsp3) is 0.133. The summed E-state index contributed by atoms with van der Waals surface area (Å²) >= 11 is 1.80. The highest BCUT2D eigenvalue weighted by Crippen LogP contribution is 2.55. The molecule has 0 saturated heterocycles. The van der Waals surface area contributed by atoms with Crippen LogP contribution in [0.4, 0.5) is 0 Å². The number of benzene rings is 7. The van der Waals surface area contributed by atoms with Gasteiger partial charge in [-0.1, -0.05) is 125 Å². The van der Waals surface area contributed by atoms with Crippen LogP contribution in [0.5, 0.6) is 0 Å². The van der Waals surface area contributed by atoms with E-state index < -0.39 is 0 Å². The number of hydrogen-bond donors (Lipinski definition) is 0. The van der Waals surface area contributed by atoms with Gasteiger partial charge in [-0.25, -0.2) is 4.98 Å². The Morgan fingerprint density at radius 3 is 1.72 bits per heavy atom. The van der Waals surface area contributed by atoms with Gasteiger partial charge in [-0.05, 0) is 108 Å². The summed E-state index contributed by atoms with van der Waals surface area (Å²) in [5.41, 5.74) is 15.7. The zero-order valence-electron chi connectivity index (χ0n) is 27.0. The summed E-state index contributed by atoms with van der Waals surface area (Å²) in [6.45, 7) is 9.52. The second-order valence-electron chi connectivity index (χ2n) is 14.3. The average Bonchev–Trinajstić information content (AvgIpc) is 3.69. The Morgan fingerprint density at radius 1 is 0.447 bits per heavy atom. The molecule has 2 aliphatic carbocycles. The maximum Gasteiger partial charge on any atom is 0.125 e. The monoisotopic (exact) mass is 619 g/mol. The van der Waals surface area contributed by atoms with Crippen molar-refractivity contribution >= 4 is 43.1 Å². The highest BCUT2D eigenvalue weighted by molar-refractivity contribution is 7.21. The quantitative estimate of drug-likeness (QED) is 0.175. The van der Waals surface area contributed by atoms with Crippen LogP contribution in [-0.4, -0.2) is 4.98 Å². The number of aromatic nitrogens is 1. The van der Waals surface area contributed by atoms with E-state index in [1.165, 1.54) is 87.4 Å². The van der Waals surface area contributed by atoms with Crippen LogP contribution in [0.2, 0.25) is 0 Å². The second kappa shape index (κ2) is 9.27. The molecule has 0 aliphatic heterocycles. The van der Waals surface area contributed by atoms with Crippen molar-refractivity contribution < 1.29 is 0 Å². The average molecular weight is 620 g/mol. The molecule has 2 aliphatic rings. The molecule has 8 aromatic rings. The SMILES string of the molecule is CC1(C)c2ccccc2-c2ccc(-c3c4ccccc4c(-c4nc5ccccc5s4)c4cc5c(cc34)C(C)(C)c3ccccc3-5)cc21. The van der Waals surface area contributed by atoms with E-state index >= 15 is 0 Å². The van der Waals surface area contributed by atoms with Crippen LogP contribution in [0.25, 0.3) is 75.7 Å². The first kappa shape index (κ1) is 27.1. The van der Waals surface area contributed by atoms with Crippen molar-refractivity contribution in [1.29, 1.82) is 0 Å². The number of para-hydroxylation sites is 1. The van der Waals surface area contributed by atoms with Gasteiger partial charge in [-0.2, -0.15) is 0 Å². The molecule has 10 rings (SSSR count). The first-order valence-corrected chi connectivity index (χ1v) is 17.4. The molecule has 47 heavy (non-hydrogen) atoms. The summed E-state index contributed by atoms with van der Waals surface area (Å²) in [5, 5.41) is 6.17. The lowest BCUT2D eigenvalue weighted by atomic mass is 9.79. The lowest BCUT2D eigenvalue weighted by molar-refractivity contribution is 0.660. The zero-order chi connectivity index (χ0) is 31.7. The molecule has 1 aromatic heterocycles. The predicted molar refractivity (Wildman–Crippen MR) is 201 cm³/mol. The van der Waals surface area contributed by atoms with Crippen LogP contribution < -0.4 is 0 Å². The van der Waals surface area contributed by atoms with Gasteiger partial charge in [0.15, 0.2) is 0 Å². The Hall–Kier alpha value is -5.05. The second-order valence-corrected chi connectivity index (χ2v) is 15.4. The van der Waals surface area contributed by atoms with Crippen LogP contribution in [0.15, 0.2) is 127 Å². The van der Waals surface area contributed by atoms with E-state index in [0.717, 1.165) is 10.5 Å². The van der Waals surface area contributed by atoms with Crippen molar-refractivity contribution in [2.45, 2.75) is 38.5 Å². The van der Waals surface area contributed by atoms with Crippen molar-refractivity contribution in [2.24, 2.45) is 0 Å². The Kier molecular flexibility index (Phi) is 5.35. The molecule has 224 valence electrons. The largest absolute Gasteiger partial charge is 0.236 e. The highest BCUT2D eigenvalue weighted by Gasteiger charge is 2.38. The normalized spacial score (nSPS) is 15.1. The minimum absolute atomic E-state index is 0.0701. The van der Waals surface area contributed by atoms with Crippen LogP contribution in [0.3, 0.4) is 0 Å². The summed E-state index contributed by atoms with van der Waals surface area (Å²) in [7, 11) is 0. The van der Waals surface area contributed by atoms with Crippen LogP contribution in [0, 0.1) is 0 Å². The molecule has 0 unspecified atom stereocenters. The van der Waals surface area contributed by atoms with E-state index in [9.17, 15) is 0 Å². The van der Waals surface area contributed by atoms with E-state index in [4.69, 9.17) is 4.98 Å². The first-order valence-electron chi connectivity index (χ1n) is 16.6. The van der Waals surface area contributed by atoms with E-state index in [0.29, 0.717) is 0 Å². The molecule has 0 fully saturated rings. The molecular formula is C45H33NS. The van der Waals surface area contributed by atoms with E-state index in [2.05, 4.69) is 155 Å². The molecule has 0 spiro atoms. The smallest absolute Gasteiger partial charge is 0.125 e.